The minimum Gasteiger partial charge on any atom is -0.383 e. The molecule has 8 nitrogen and oxygen atoms in total. The number of sulfone groups is 1. The third kappa shape index (κ3) is 4.26. The largest absolute Gasteiger partial charge is 0.383 e. The van der Waals surface area contributed by atoms with Gasteiger partial charge in [-0.2, -0.15) is 0 Å². The van der Waals surface area contributed by atoms with E-state index in [1.54, 1.807) is 0 Å². The van der Waals surface area contributed by atoms with Gasteiger partial charge in [-0.25, -0.2) is 8.42 Å². The van der Waals surface area contributed by atoms with Gasteiger partial charge in [-0.3, -0.25) is 14.9 Å². The first-order valence-electron chi connectivity index (χ1n) is 7.09. The number of carbonyl (C=O) groups is 1. The molecule has 1 saturated heterocycles. The average Bonchev–Trinajstić information content (AvgIpc) is 2.87. The number of ether oxygens (including phenoxy) is 1. The van der Waals surface area contributed by atoms with Crippen molar-refractivity contribution in [1.82, 2.24) is 4.90 Å². The van der Waals surface area contributed by atoms with E-state index in [-0.39, 0.29) is 41.8 Å². The molecule has 1 atom stereocenters. The van der Waals surface area contributed by atoms with Crippen LogP contribution in [0.1, 0.15) is 16.8 Å². The molecule has 0 bridgehead atoms. The first kappa shape index (κ1) is 17.4. The monoisotopic (exact) mass is 342 g/mol. The van der Waals surface area contributed by atoms with E-state index in [1.807, 2.05) is 0 Å². The van der Waals surface area contributed by atoms with Crippen LogP contribution in [0, 0.1) is 10.1 Å². The van der Waals surface area contributed by atoms with Crippen molar-refractivity contribution in [3.8, 4) is 0 Å². The molecule has 1 aromatic carbocycles. The van der Waals surface area contributed by atoms with E-state index in [2.05, 4.69) is 0 Å². The number of carbonyl (C=O) groups excluding carboxylic acids is 1. The summed E-state index contributed by atoms with van der Waals surface area (Å²) in [4.78, 5) is 24.2. The minimum absolute atomic E-state index is 0.0601. The van der Waals surface area contributed by atoms with Crippen LogP contribution < -0.4 is 0 Å². The van der Waals surface area contributed by atoms with Crippen LogP contribution in [0.4, 0.5) is 5.69 Å². The second-order valence-corrected chi connectivity index (χ2v) is 7.58. The van der Waals surface area contributed by atoms with Gasteiger partial charge in [-0.05, 0) is 18.6 Å². The van der Waals surface area contributed by atoms with E-state index in [0.29, 0.717) is 6.42 Å². The fraction of sp³-hybridized carbons (Fsp3) is 0.500. The van der Waals surface area contributed by atoms with Crippen LogP contribution in [0.2, 0.25) is 0 Å². The van der Waals surface area contributed by atoms with Gasteiger partial charge in [0.1, 0.15) is 0 Å². The summed E-state index contributed by atoms with van der Waals surface area (Å²) in [5, 5.41) is 10.7. The Labute approximate surface area is 134 Å². The summed E-state index contributed by atoms with van der Waals surface area (Å²) >= 11 is 0. The third-order valence-electron chi connectivity index (χ3n) is 3.77. The maximum Gasteiger partial charge on any atom is 0.269 e. The molecule has 23 heavy (non-hydrogen) atoms. The Bertz CT molecular complexity index is 686. The van der Waals surface area contributed by atoms with E-state index in [4.69, 9.17) is 4.74 Å². The van der Waals surface area contributed by atoms with Crippen LogP contribution in [-0.2, 0) is 14.6 Å². The smallest absolute Gasteiger partial charge is 0.269 e. The van der Waals surface area contributed by atoms with Crippen LogP contribution in [0.25, 0.3) is 0 Å². The summed E-state index contributed by atoms with van der Waals surface area (Å²) in [5.41, 5.74) is 0.185. The Morgan fingerprint density at radius 1 is 1.39 bits per heavy atom. The summed E-state index contributed by atoms with van der Waals surface area (Å²) in [6, 6.07) is 4.88. The van der Waals surface area contributed by atoms with Crippen molar-refractivity contribution in [2.75, 3.05) is 31.8 Å². The Morgan fingerprint density at radius 2 is 2.04 bits per heavy atom. The standard InChI is InChI=1S/C14H18N2O6S/c1-22-8-7-15(13-6-9-23(20,21)10-13)14(17)11-2-4-12(5-3-11)16(18)19/h2-5,13H,6-10H2,1H3/t13-/m0/s1. The van der Waals surface area contributed by atoms with Crippen LogP contribution >= 0.6 is 0 Å². The maximum atomic E-state index is 12.6. The molecule has 1 aliphatic rings. The molecule has 1 aliphatic heterocycles. The molecule has 1 amide bonds. The Balaban J connectivity index is 2.20. The number of nitro benzene ring substituents is 1. The molecule has 0 N–H and O–H groups in total. The van der Waals surface area contributed by atoms with Gasteiger partial charge < -0.3 is 9.64 Å². The highest BCUT2D eigenvalue weighted by Crippen LogP contribution is 2.21. The van der Waals surface area contributed by atoms with Crippen molar-refractivity contribution in [3.63, 3.8) is 0 Å². The third-order valence-corrected chi connectivity index (χ3v) is 5.52. The summed E-state index contributed by atoms with van der Waals surface area (Å²) in [6.45, 7) is 0.557. The van der Waals surface area contributed by atoms with Crippen molar-refractivity contribution in [3.05, 3.63) is 39.9 Å². The zero-order valence-electron chi connectivity index (χ0n) is 12.7. The lowest BCUT2D eigenvalue weighted by atomic mass is 10.1. The number of methoxy groups -OCH3 is 1. The van der Waals surface area contributed by atoms with Crippen molar-refractivity contribution < 1.29 is 22.9 Å². The number of rotatable bonds is 6. The van der Waals surface area contributed by atoms with E-state index in [0.717, 1.165) is 0 Å². The highest BCUT2D eigenvalue weighted by molar-refractivity contribution is 7.91. The van der Waals surface area contributed by atoms with Gasteiger partial charge in [0.2, 0.25) is 0 Å². The predicted octanol–water partition coefficient (Wildman–Crippen LogP) is 0.870. The van der Waals surface area contributed by atoms with Gasteiger partial charge >= 0.3 is 0 Å². The number of non-ortho nitro benzene ring substituents is 1. The summed E-state index contributed by atoms with van der Waals surface area (Å²) in [6.07, 6.45) is 0.394. The molecule has 9 heteroatoms. The van der Waals surface area contributed by atoms with Gasteiger partial charge in [0.15, 0.2) is 9.84 Å². The molecular formula is C14H18N2O6S. The molecule has 126 valence electrons. The first-order chi connectivity index (χ1) is 10.8. The SMILES string of the molecule is COCCN(C(=O)c1ccc([N+](=O)[O-])cc1)[C@H]1CCS(=O)(=O)C1. The molecule has 1 fully saturated rings. The predicted molar refractivity (Wildman–Crippen MR) is 83.1 cm³/mol. The van der Waals surface area contributed by atoms with Gasteiger partial charge in [0.25, 0.3) is 11.6 Å². The van der Waals surface area contributed by atoms with Crippen LogP contribution in [0.3, 0.4) is 0 Å². The van der Waals surface area contributed by atoms with Crippen LogP contribution in [0.15, 0.2) is 24.3 Å². The van der Waals surface area contributed by atoms with E-state index >= 15 is 0 Å². The van der Waals surface area contributed by atoms with E-state index in [9.17, 15) is 23.3 Å². The number of hydrogen-bond donors (Lipinski definition) is 0. The zero-order chi connectivity index (χ0) is 17.0. The summed E-state index contributed by atoms with van der Waals surface area (Å²) in [5.74, 6) is -0.344. The zero-order valence-corrected chi connectivity index (χ0v) is 13.5. The summed E-state index contributed by atoms with van der Waals surface area (Å²) in [7, 11) is -1.62. The highest BCUT2D eigenvalue weighted by atomic mass is 32.2. The van der Waals surface area contributed by atoms with Crippen molar-refractivity contribution in [2.45, 2.75) is 12.5 Å². The van der Waals surface area contributed by atoms with Crippen molar-refractivity contribution in [1.29, 1.82) is 0 Å². The maximum absolute atomic E-state index is 12.6. The fourth-order valence-electron chi connectivity index (χ4n) is 2.55. The minimum atomic E-state index is -3.12. The number of nitrogens with zero attached hydrogens (tertiary/aromatic N) is 2. The van der Waals surface area contributed by atoms with Crippen LogP contribution in [0.5, 0.6) is 0 Å². The highest BCUT2D eigenvalue weighted by Gasteiger charge is 2.34. The molecular weight excluding hydrogens is 324 g/mol. The normalized spacial score (nSPS) is 19.4. The average molecular weight is 342 g/mol. The molecule has 0 saturated carbocycles. The van der Waals surface area contributed by atoms with Crippen LogP contribution in [-0.4, -0.2) is 62.0 Å². The van der Waals surface area contributed by atoms with E-state index in [1.165, 1.54) is 36.3 Å². The molecule has 1 heterocycles. The molecule has 0 unspecified atom stereocenters. The molecule has 0 spiro atoms. The second-order valence-electron chi connectivity index (χ2n) is 5.35. The molecule has 2 rings (SSSR count). The number of benzene rings is 1. The topological polar surface area (TPSA) is 107 Å². The number of amides is 1. The lowest BCUT2D eigenvalue weighted by molar-refractivity contribution is -0.384. The molecule has 1 aromatic rings. The Kier molecular flexibility index (Phi) is 5.32. The van der Waals surface area contributed by atoms with E-state index < -0.39 is 20.8 Å². The number of hydrogen-bond acceptors (Lipinski definition) is 6. The lowest BCUT2D eigenvalue weighted by Gasteiger charge is -2.28. The lowest BCUT2D eigenvalue weighted by Crippen LogP contribution is -2.43. The van der Waals surface area contributed by atoms with Gasteiger partial charge in [-0.1, -0.05) is 0 Å². The van der Waals surface area contributed by atoms with Gasteiger partial charge in [0.05, 0.1) is 23.0 Å². The van der Waals surface area contributed by atoms with Gasteiger partial charge in [0, 0.05) is 37.4 Å². The van der Waals surface area contributed by atoms with Gasteiger partial charge in [-0.15, -0.1) is 0 Å². The van der Waals surface area contributed by atoms with Crippen molar-refractivity contribution in [2.24, 2.45) is 0 Å². The molecule has 0 aromatic heterocycles. The quantitative estimate of drug-likeness (QED) is 0.561. The Morgan fingerprint density at radius 3 is 2.52 bits per heavy atom. The fourth-order valence-corrected chi connectivity index (χ4v) is 4.28. The van der Waals surface area contributed by atoms with Crippen molar-refractivity contribution >= 4 is 21.4 Å². The molecule has 0 radical (unpaired) electrons. The first-order valence-corrected chi connectivity index (χ1v) is 8.91. The number of nitro groups is 1. The Hall–Kier alpha value is -2.00. The summed E-state index contributed by atoms with van der Waals surface area (Å²) < 4.78 is 28.3. The molecule has 0 aliphatic carbocycles. The second kappa shape index (κ2) is 7.05.